The average molecular weight is 500 g/mol. The number of piperidine rings is 1. The largest absolute Gasteiger partial charge is 0.371 e. The molecular weight excluding hydrogens is 470 g/mol. The molecule has 3 rings (SSSR count). The van der Waals surface area contributed by atoms with Gasteiger partial charge in [-0.1, -0.05) is 6.07 Å². The number of nitrogens with zero attached hydrogens (tertiary/aromatic N) is 4. The van der Waals surface area contributed by atoms with Gasteiger partial charge in [-0.05, 0) is 50.5 Å². The molecule has 0 atom stereocenters. The van der Waals surface area contributed by atoms with E-state index in [2.05, 4.69) is 32.5 Å². The van der Waals surface area contributed by atoms with Crippen molar-refractivity contribution < 1.29 is 4.39 Å². The summed E-state index contributed by atoms with van der Waals surface area (Å²) in [6.07, 6.45) is 5.89. The molecule has 0 spiro atoms. The van der Waals surface area contributed by atoms with E-state index in [9.17, 15) is 4.39 Å². The van der Waals surface area contributed by atoms with E-state index >= 15 is 0 Å². The van der Waals surface area contributed by atoms with Crippen LogP contribution < -0.4 is 15.5 Å². The van der Waals surface area contributed by atoms with Crippen molar-refractivity contribution in [2.75, 3.05) is 31.1 Å². The number of halogens is 2. The van der Waals surface area contributed by atoms with Crippen molar-refractivity contribution in [3.63, 3.8) is 0 Å². The van der Waals surface area contributed by atoms with Gasteiger partial charge in [-0.25, -0.2) is 4.39 Å². The molecule has 0 radical (unpaired) electrons. The third kappa shape index (κ3) is 6.65. The van der Waals surface area contributed by atoms with Gasteiger partial charge in [0.25, 0.3) is 0 Å². The molecule has 2 aromatic rings. The highest BCUT2D eigenvalue weighted by Crippen LogP contribution is 2.20. The van der Waals surface area contributed by atoms with Crippen LogP contribution >= 0.6 is 24.0 Å². The van der Waals surface area contributed by atoms with Crippen molar-refractivity contribution in [1.82, 2.24) is 20.4 Å². The van der Waals surface area contributed by atoms with Crippen LogP contribution in [0, 0.1) is 12.7 Å². The number of guanidine groups is 1. The minimum atomic E-state index is -0.179. The number of rotatable bonds is 6. The van der Waals surface area contributed by atoms with Gasteiger partial charge in [0.15, 0.2) is 5.96 Å². The molecule has 1 aliphatic heterocycles. The van der Waals surface area contributed by atoms with Gasteiger partial charge in [-0.3, -0.25) is 9.67 Å². The molecule has 2 N–H and O–H groups in total. The van der Waals surface area contributed by atoms with E-state index in [4.69, 9.17) is 0 Å². The van der Waals surface area contributed by atoms with E-state index < -0.39 is 0 Å². The van der Waals surface area contributed by atoms with Crippen LogP contribution in [0.15, 0.2) is 41.7 Å². The second-order valence-electron chi connectivity index (χ2n) is 6.93. The summed E-state index contributed by atoms with van der Waals surface area (Å²) in [7, 11) is 0. The quantitative estimate of drug-likeness (QED) is 0.364. The van der Waals surface area contributed by atoms with Crippen molar-refractivity contribution in [2.24, 2.45) is 4.99 Å². The second-order valence-corrected chi connectivity index (χ2v) is 6.93. The van der Waals surface area contributed by atoms with Crippen LogP contribution in [-0.4, -0.2) is 48.0 Å². The number of aryl methyl sites for hydroxylation is 1. The lowest BCUT2D eigenvalue weighted by atomic mass is 10.0. The fourth-order valence-corrected chi connectivity index (χ4v) is 3.32. The zero-order valence-corrected chi connectivity index (χ0v) is 18.9. The van der Waals surface area contributed by atoms with E-state index in [1.54, 1.807) is 12.1 Å². The maximum Gasteiger partial charge on any atom is 0.191 e. The van der Waals surface area contributed by atoms with Crippen molar-refractivity contribution in [3.05, 3.63) is 48.0 Å². The number of aliphatic imine (C=N–C) groups is 1. The summed E-state index contributed by atoms with van der Waals surface area (Å²) in [5, 5.41) is 11.1. The van der Waals surface area contributed by atoms with Gasteiger partial charge in [0, 0.05) is 37.6 Å². The van der Waals surface area contributed by atoms with E-state index in [1.807, 2.05) is 30.1 Å². The highest BCUT2D eigenvalue weighted by Gasteiger charge is 2.20. The van der Waals surface area contributed by atoms with Gasteiger partial charge in [-0.15, -0.1) is 24.0 Å². The van der Waals surface area contributed by atoms with E-state index in [-0.39, 0.29) is 29.8 Å². The highest BCUT2D eigenvalue weighted by molar-refractivity contribution is 14.0. The predicted molar refractivity (Wildman–Crippen MR) is 123 cm³/mol. The molecule has 1 saturated heterocycles. The van der Waals surface area contributed by atoms with Crippen molar-refractivity contribution >= 4 is 35.6 Å². The molecule has 0 amide bonds. The average Bonchev–Trinajstić information content (AvgIpc) is 3.08. The van der Waals surface area contributed by atoms with Crippen molar-refractivity contribution in [2.45, 2.75) is 39.3 Å². The monoisotopic (exact) mass is 500 g/mol. The Labute approximate surface area is 183 Å². The van der Waals surface area contributed by atoms with Crippen LogP contribution in [-0.2, 0) is 6.54 Å². The van der Waals surface area contributed by atoms with Crippen LogP contribution in [0.2, 0.25) is 0 Å². The SMILES string of the molecule is CCNC(=NCCn1cc(C)cn1)NC1CCN(c2cccc(F)c2)CC1.I. The van der Waals surface area contributed by atoms with Gasteiger partial charge in [0.2, 0.25) is 0 Å². The molecule has 154 valence electrons. The van der Waals surface area contributed by atoms with Gasteiger partial charge in [0.05, 0.1) is 19.3 Å². The molecule has 1 aromatic carbocycles. The maximum atomic E-state index is 13.4. The summed E-state index contributed by atoms with van der Waals surface area (Å²) in [4.78, 5) is 6.91. The summed E-state index contributed by atoms with van der Waals surface area (Å²) >= 11 is 0. The molecule has 0 bridgehead atoms. The first-order valence-electron chi connectivity index (χ1n) is 9.68. The predicted octanol–water partition coefficient (Wildman–Crippen LogP) is 3.17. The van der Waals surface area contributed by atoms with Crippen LogP contribution in [0.25, 0.3) is 0 Å². The third-order valence-corrected chi connectivity index (χ3v) is 4.71. The Bertz CT molecular complexity index is 755. The molecule has 0 unspecified atom stereocenters. The third-order valence-electron chi connectivity index (χ3n) is 4.71. The summed E-state index contributed by atoms with van der Waals surface area (Å²) in [6.45, 7) is 8.20. The fraction of sp³-hybridized carbons (Fsp3) is 0.500. The Morgan fingerprint density at radius 1 is 1.32 bits per heavy atom. The number of aromatic nitrogens is 2. The topological polar surface area (TPSA) is 57.5 Å². The highest BCUT2D eigenvalue weighted by atomic mass is 127. The summed E-state index contributed by atoms with van der Waals surface area (Å²) in [5.74, 6) is 0.673. The van der Waals surface area contributed by atoms with Gasteiger partial charge in [-0.2, -0.15) is 5.10 Å². The standard InChI is InChI=1S/C20H29FN6.HI/c1-3-22-20(23-9-12-27-15-16(2)14-24-27)25-18-7-10-26(11-8-18)19-6-4-5-17(21)13-19;/h4-6,13-15,18H,3,7-12H2,1-2H3,(H2,22,23,25);1H. The Balaban J connectivity index is 0.00000280. The molecule has 2 heterocycles. The normalized spacial score (nSPS) is 15.2. The lowest BCUT2D eigenvalue weighted by Crippen LogP contribution is -2.48. The molecule has 1 fully saturated rings. The zero-order valence-electron chi connectivity index (χ0n) is 16.6. The number of anilines is 1. The maximum absolute atomic E-state index is 13.4. The molecular formula is C20H30FIN6. The fourth-order valence-electron chi connectivity index (χ4n) is 3.32. The molecule has 28 heavy (non-hydrogen) atoms. The molecule has 8 heteroatoms. The van der Waals surface area contributed by atoms with Gasteiger partial charge >= 0.3 is 0 Å². The number of nitrogens with one attached hydrogen (secondary N) is 2. The second kappa shape index (κ2) is 11.2. The summed E-state index contributed by atoms with van der Waals surface area (Å²) in [6, 6.07) is 7.21. The van der Waals surface area contributed by atoms with Crippen molar-refractivity contribution in [1.29, 1.82) is 0 Å². The first kappa shape index (κ1) is 22.4. The Hall–Kier alpha value is -1.84. The molecule has 0 saturated carbocycles. The lowest BCUT2D eigenvalue weighted by molar-refractivity contribution is 0.460. The van der Waals surface area contributed by atoms with E-state index in [1.165, 1.54) is 6.07 Å². The Kier molecular flexibility index (Phi) is 9.01. The number of hydrogen-bond acceptors (Lipinski definition) is 3. The first-order chi connectivity index (χ1) is 13.1. The summed E-state index contributed by atoms with van der Waals surface area (Å²) in [5.41, 5.74) is 2.12. The van der Waals surface area contributed by atoms with E-state index in [0.29, 0.717) is 12.6 Å². The van der Waals surface area contributed by atoms with Crippen LogP contribution in [0.5, 0.6) is 0 Å². The number of hydrogen-bond donors (Lipinski definition) is 2. The Morgan fingerprint density at radius 3 is 2.75 bits per heavy atom. The van der Waals surface area contributed by atoms with Crippen LogP contribution in [0.1, 0.15) is 25.3 Å². The van der Waals surface area contributed by atoms with Gasteiger partial charge < -0.3 is 15.5 Å². The molecule has 1 aromatic heterocycles. The molecule has 1 aliphatic rings. The summed E-state index contributed by atoms with van der Waals surface area (Å²) < 4.78 is 15.3. The molecule has 0 aliphatic carbocycles. The number of benzene rings is 1. The van der Waals surface area contributed by atoms with Crippen LogP contribution in [0.4, 0.5) is 10.1 Å². The minimum absolute atomic E-state index is 0. The van der Waals surface area contributed by atoms with Gasteiger partial charge in [0.1, 0.15) is 5.82 Å². The van der Waals surface area contributed by atoms with Crippen molar-refractivity contribution in [3.8, 4) is 0 Å². The van der Waals surface area contributed by atoms with Crippen LogP contribution in [0.3, 0.4) is 0 Å². The molecule has 6 nitrogen and oxygen atoms in total. The first-order valence-corrected chi connectivity index (χ1v) is 9.68. The zero-order chi connectivity index (χ0) is 19.1. The lowest BCUT2D eigenvalue weighted by Gasteiger charge is -2.34. The Morgan fingerprint density at radius 2 is 2.11 bits per heavy atom. The minimum Gasteiger partial charge on any atom is -0.371 e. The smallest absolute Gasteiger partial charge is 0.191 e. The van der Waals surface area contributed by atoms with E-state index in [0.717, 1.165) is 56.2 Å².